The van der Waals surface area contributed by atoms with E-state index in [2.05, 4.69) is 32.9 Å². The third-order valence-electron chi connectivity index (χ3n) is 3.13. The zero-order chi connectivity index (χ0) is 12.8. The Morgan fingerprint density at radius 1 is 1.18 bits per heavy atom. The Morgan fingerprint density at radius 3 is 2.41 bits per heavy atom. The molecule has 1 aromatic carbocycles. The molecule has 0 heterocycles. The maximum absolute atomic E-state index is 6.07. The summed E-state index contributed by atoms with van der Waals surface area (Å²) in [6, 6.07) is 4.38. The number of ether oxygens (including phenoxy) is 1. The lowest BCUT2D eigenvalue weighted by Crippen LogP contribution is -2.04. The topological polar surface area (TPSA) is 9.23 Å². The largest absolute Gasteiger partial charge is 0.494 e. The van der Waals surface area contributed by atoms with Gasteiger partial charge in [0.2, 0.25) is 0 Å². The molecule has 0 aliphatic carbocycles. The first kappa shape index (κ1) is 14.4. The molecule has 0 fully saturated rings. The molecule has 0 saturated carbocycles. The Kier molecular flexibility index (Phi) is 5.84. The summed E-state index contributed by atoms with van der Waals surface area (Å²) in [6.45, 7) is 9.18. The molecule has 0 amide bonds. The van der Waals surface area contributed by atoms with Crippen LogP contribution in [0.4, 0.5) is 0 Å². The average molecular weight is 255 g/mol. The maximum atomic E-state index is 6.07. The van der Waals surface area contributed by atoms with E-state index in [0.29, 0.717) is 18.4 Å². The fraction of sp³-hybridized carbons (Fsp3) is 0.600. The molecule has 2 heteroatoms. The van der Waals surface area contributed by atoms with Crippen LogP contribution in [0.5, 0.6) is 5.75 Å². The summed E-state index contributed by atoms with van der Waals surface area (Å²) in [4.78, 5) is 0. The number of alkyl halides is 1. The van der Waals surface area contributed by atoms with Crippen molar-refractivity contribution in [1.82, 2.24) is 0 Å². The fourth-order valence-corrected chi connectivity index (χ4v) is 2.55. The number of rotatable bonds is 6. The van der Waals surface area contributed by atoms with Crippen LogP contribution < -0.4 is 4.74 Å². The van der Waals surface area contributed by atoms with Gasteiger partial charge in [0, 0.05) is 5.88 Å². The molecule has 0 N–H and O–H groups in total. The van der Waals surface area contributed by atoms with Crippen molar-refractivity contribution in [1.29, 1.82) is 0 Å². The van der Waals surface area contributed by atoms with E-state index >= 15 is 0 Å². The summed E-state index contributed by atoms with van der Waals surface area (Å²) in [5.74, 6) is 2.16. The van der Waals surface area contributed by atoms with Crippen LogP contribution in [0.1, 0.15) is 49.3 Å². The Labute approximate surface area is 110 Å². The monoisotopic (exact) mass is 254 g/mol. The number of hydrogen-bond donors (Lipinski definition) is 0. The highest BCUT2D eigenvalue weighted by molar-refractivity contribution is 6.18. The summed E-state index contributed by atoms with van der Waals surface area (Å²) in [5.41, 5.74) is 3.87. The first-order valence-electron chi connectivity index (χ1n) is 6.43. The van der Waals surface area contributed by atoms with E-state index in [1.54, 1.807) is 0 Å². The minimum atomic E-state index is 0.469. The number of halogens is 1. The molecule has 17 heavy (non-hydrogen) atoms. The van der Waals surface area contributed by atoms with Gasteiger partial charge in [0.15, 0.2) is 0 Å². The zero-order valence-electron chi connectivity index (χ0n) is 11.3. The van der Waals surface area contributed by atoms with Gasteiger partial charge in [-0.25, -0.2) is 0 Å². The highest BCUT2D eigenvalue weighted by atomic mass is 35.5. The predicted octanol–water partition coefficient (Wildman–Crippen LogP) is 4.82. The predicted molar refractivity (Wildman–Crippen MR) is 75.5 cm³/mol. The Balaban J connectivity index is 3.04. The van der Waals surface area contributed by atoms with Crippen molar-refractivity contribution in [2.24, 2.45) is 0 Å². The summed E-state index contributed by atoms with van der Waals surface area (Å²) in [7, 11) is 0. The summed E-state index contributed by atoms with van der Waals surface area (Å²) < 4.78 is 5.61. The normalized spacial score (nSPS) is 12.5. The van der Waals surface area contributed by atoms with Gasteiger partial charge >= 0.3 is 0 Å². The second kappa shape index (κ2) is 6.90. The van der Waals surface area contributed by atoms with Gasteiger partial charge in [0.05, 0.1) is 6.61 Å². The van der Waals surface area contributed by atoms with Gasteiger partial charge in [-0.15, -0.1) is 11.6 Å². The molecule has 1 aromatic rings. The Bertz CT molecular complexity index is 360. The van der Waals surface area contributed by atoms with Crippen LogP contribution in [-0.4, -0.2) is 12.5 Å². The van der Waals surface area contributed by atoms with Crippen molar-refractivity contribution < 1.29 is 4.74 Å². The molecular formula is C15H23ClO. The molecule has 0 aliphatic heterocycles. The summed E-state index contributed by atoms with van der Waals surface area (Å²) in [6.07, 6.45) is 2.32. The van der Waals surface area contributed by atoms with E-state index in [-0.39, 0.29) is 0 Å². The molecule has 0 bridgehead atoms. The molecule has 0 aliphatic rings. The highest BCUT2D eigenvalue weighted by Gasteiger charge is 2.14. The van der Waals surface area contributed by atoms with Crippen LogP contribution >= 0.6 is 11.6 Å². The molecule has 1 nitrogen and oxygen atoms in total. The Hall–Kier alpha value is -0.690. The van der Waals surface area contributed by atoms with Gasteiger partial charge in [-0.05, 0) is 55.9 Å². The molecule has 1 rings (SSSR count). The average Bonchev–Trinajstić information content (AvgIpc) is 2.31. The summed E-state index contributed by atoms with van der Waals surface area (Å²) in [5, 5.41) is 0. The highest BCUT2D eigenvalue weighted by Crippen LogP contribution is 2.31. The standard InChI is InChI=1S/C15H23ClO/c1-5-7-13(10-16)14-8-12(4)15(17-6-2)9-11(14)3/h8-9,13H,5-7,10H2,1-4H3. The molecule has 1 atom stereocenters. The van der Waals surface area contributed by atoms with E-state index in [0.717, 1.165) is 12.2 Å². The van der Waals surface area contributed by atoms with Crippen LogP contribution in [0.25, 0.3) is 0 Å². The number of benzene rings is 1. The molecular weight excluding hydrogens is 232 g/mol. The zero-order valence-corrected chi connectivity index (χ0v) is 12.1. The van der Waals surface area contributed by atoms with Gasteiger partial charge in [-0.3, -0.25) is 0 Å². The molecule has 1 unspecified atom stereocenters. The lowest BCUT2D eigenvalue weighted by Gasteiger charge is -2.18. The van der Waals surface area contributed by atoms with E-state index < -0.39 is 0 Å². The fourth-order valence-electron chi connectivity index (χ4n) is 2.23. The molecule has 0 radical (unpaired) electrons. The molecule has 0 spiro atoms. The first-order chi connectivity index (χ1) is 8.13. The van der Waals surface area contributed by atoms with E-state index in [1.807, 2.05) is 6.92 Å². The first-order valence-corrected chi connectivity index (χ1v) is 6.97. The van der Waals surface area contributed by atoms with Crippen molar-refractivity contribution in [3.8, 4) is 5.75 Å². The number of hydrogen-bond acceptors (Lipinski definition) is 1. The minimum Gasteiger partial charge on any atom is -0.494 e. The van der Waals surface area contributed by atoms with Crippen molar-refractivity contribution >= 4 is 11.6 Å². The quantitative estimate of drug-likeness (QED) is 0.661. The molecule has 0 aromatic heterocycles. The smallest absolute Gasteiger partial charge is 0.122 e. The van der Waals surface area contributed by atoms with Crippen LogP contribution in [0.3, 0.4) is 0 Å². The van der Waals surface area contributed by atoms with E-state index in [4.69, 9.17) is 16.3 Å². The van der Waals surface area contributed by atoms with Crippen LogP contribution in [-0.2, 0) is 0 Å². The number of aryl methyl sites for hydroxylation is 2. The van der Waals surface area contributed by atoms with Crippen molar-refractivity contribution in [2.75, 3.05) is 12.5 Å². The minimum absolute atomic E-state index is 0.469. The van der Waals surface area contributed by atoms with Gasteiger partial charge in [-0.1, -0.05) is 19.4 Å². The van der Waals surface area contributed by atoms with E-state index in [9.17, 15) is 0 Å². The second-order valence-electron chi connectivity index (χ2n) is 4.55. The lowest BCUT2D eigenvalue weighted by atomic mass is 9.91. The van der Waals surface area contributed by atoms with Crippen LogP contribution in [0.15, 0.2) is 12.1 Å². The third-order valence-corrected chi connectivity index (χ3v) is 3.50. The van der Waals surface area contributed by atoms with Gasteiger partial charge < -0.3 is 4.74 Å². The molecule has 96 valence electrons. The second-order valence-corrected chi connectivity index (χ2v) is 4.86. The van der Waals surface area contributed by atoms with Crippen molar-refractivity contribution in [3.05, 3.63) is 28.8 Å². The summed E-state index contributed by atoms with van der Waals surface area (Å²) >= 11 is 6.07. The van der Waals surface area contributed by atoms with Crippen LogP contribution in [0.2, 0.25) is 0 Å². The van der Waals surface area contributed by atoms with Crippen molar-refractivity contribution in [2.45, 2.75) is 46.5 Å². The van der Waals surface area contributed by atoms with Gasteiger partial charge in [0.1, 0.15) is 5.75 Å². The van der Waals surface area contributed by atoms with Gasteiger partial charge in [0.25, 0.3) is 0 Å². The molecule has 0 saturated heterocycles. The third kappa shape index (κ3) is 3.64. The maximum Gasteiger partial charge on any atom is 0.122 e. The van der Waals surface area contributed by atoms with Crippen LogP contribution in [0, 0.1) is 13.8 Å². The lowest BCUT2D eigenvalue weighted by molar-refractivity contribution is 0.337. The van der Waals surface area contributed by atoms with Crippen molar-refractivity contribution in [3.63, 3.8) is 0 Å². The van der Waals surface area contributed by atoms with Gasteiger partial charge in [-0.2, -0.15) is 0 Å². The SMILES string of the molecule is CCCC(CCl)c1cc(C)c(OCC)cc1C. The van der Waals surface area contributed by atoms with E-state index in [1.165, 1.54) is 23.1 Å². The Morgan fingerprint density at radius 2 is 1.88 bits per heavy atom.